The molecule has 0 aromatic heterocycles. The van der Waals surface area contributed by atoms with Crippen LogP contribution in [0.25, 0.3) is 0 Å². The number of alkyl halides is 3. The van der Waals surface area contributed by atoms with Crippen molar-refractivity contribution in [1.82, 2.24) is 10.4 Å². The molecule has 1 heterocycles. The molecule has 0 aliphatic carbocycles. The zero-order chi connectivity index (χ0) is 10.4. The quantitative estimate of drug-likeness (QED) is 0.743. The van der Waals surface area contributed by atoms with Crippen molar-refractivity contribution in [3.05, 3.63) is 0 Å². The first-order valence-corrected chi connectivity index (χ1v) is 5.75. The highest BCUT2D eigenvalue weighted by molar-refractivity contribution is 8.00. The third-order valence-electron chi connectivity index (χ3n) is 2.06. The van der Waals surface area contributed by atoms with Gasteiger partial charge >= 0.3 is 5.51 Å². The Labute approximate surface area is 86.2 Å². The van der Waals surface area contributed by atoms with Crippen molar-refractivity contribution in [3.63, 3.8) is 0 Å². The highest BCUT2D eigenvalue weighted by atomic mass is 32.2. The molecule has 0 amide bonds. The van der Waals surface area contributed by atoms with Gasteiger partial charge in [-0.2, -0.15) is 13.2 Å². The summed E-state index contributed by atoms with van der Waals surface area (Å²) in [5.41, 5.74) is -1.09. The summed E-state index contributed by atoms with van der Waals surface area (Å²) in [6, 6.07) is 0. The zero-order valence-corrected chi connectivity index (χ0v) is 8.76. The first kappa shape index (κ1) is 12.1. The minimum atomic E-state index is -4.09. The van der Waals surface area contributed by atoms with E-state index in [-0.39, 0.29) is 17.5 Å². The Balaban J connectivity index is 1.97. The summed E-state index contributed by atoms with van der Waals surface area (Å²) >= 11 is 0.0330. The molecule has 0 radical (unpaired) electrons. The number of hydrogen-bond acceptors (Lipinski definition) is 3. The number of hydrazine groups is 1. The Hall–Kier alpha value is 0.0600. The van der Waals surface area contributed by atoms with E-state index in [1.807, 2.05) is 5.01 Å². The molecule has 0 aromatic rings. The van der Waals surface area contributed by atoms with Gasteiger partial charge in [0, 0.05) is 25.4 Å². The van der Waals surface area contributed by atoms with Gasteiger partial charge in [0.1, 0.15) is 0 Å². The molecule has 2 nitrogen and oxygen atoms in total. The topological polar surface area (TPSA) is 15.3 Å². The van der Waals surface area contributed by atoms with E-state index < -0.39 is 5.51 Å². The third kappa shape index (κ3) is 5.72. The maximum absolute atomic E-state index is 11.7. The van der Waals surface area contributed by atoms with Crippen LogP contribution in [0, 0.1) is 0 Å². The molecule has 1 fully saturated rings. The fourth-order valence-corrected chi connectivity index (χ4v) is 1.85. The Kier molecular flexibility index (Phi) is 5.05. The lowest BCUT2D eigenvalue weighted by Gasteiger charge is -2.27. The van der Waals surface area contributed by atoms with Gasteiger partial charge in [-0.05, 0) is 24.6 Å². The summed E-state index contributed by atoms with van der Waals surface area (Å²) in [5, 5.41) is 2.01. The summed E-state index contributed by atoms with van der Waals surface area (Å²) in [4.78, 5) is 0. The van der Waals surface area contributed by atoms with Crippen molar-refractivity contribution in [3.8, 4) is 0 Å². The number of hydrogen-bond donors (Lipinski definition) is 1. The van der Waals surface area contributed by atoms with E-state index in [4.69, 9.17) is 0 Å². The first-order chi connectivity index (χ1) is 6.58. The van der Waals surface area contributed by atoms with Gasteiger partial charge in [0.15, 0.2) is 0 Å². The summed E-state index contributed by atoms with van der Waals surface area (Å²) < 4.78 is 35.2. The van der Waals surface area contributed by atoms with Gasteiger partial charge in [0.05, 0.1) is 0 Å². The lowest BCUT2D eigenvalue weighted by Crippen LogP contribution is -2.42. The standard InChI is InChI=1S/C8H15F3N2S/c9-8(10,11)14-7-4-12-13-5-2-1-3-6-13/h12H,1-7H2. The van der Waals surface area contributed by atoms with Gasteiger partial charge in [-0.15, -0.1) is 0 Å². The lowest BCUT2D eigenvalue weighted by molar-refractivity contribution is -0.0328. The maximum atomic E-state index is 11.7. The van der Waals surface area contributed by atoms with Crippen LogP contribution < -0.4 is 5.43 Å². The third-order valence-corrected chi connectivity index (χ3v) is 2.79. The second-order valence-corrected chi connectivity index (χ2v) is 4.41. The average Bonchev–Trinajstić information content (AvgIpc) is 2.13. The van der Waals surface area contributed by atoms with Gasteiger partial charge in [-0.25, -0.2) is 5.01 Å². The molecular weight excluding hydrogens is 213 g/mol. The van der Waals surface area contributed by atoms with Crippen molar-refractivity contribution in [2.24, 2.45) is 0 Å². The number of rotatable bonds is 4. The molecular formula is C8H15F3N2S. The molecule has 14 heavy (non-hydrogen) atoms. The molecule has 1 aliphatic heterocycles. The molecule has 84 valence electrons. The van der Waals surface area contributed by atoms with E-state index in [1.54, 1.807) is 0 Å². The molecule has 0 unspecified atom stereocenters. The molecule has 0 saturated carbocycles. The average molecular weight is 228 g/mol. The van der Waals surface area contributed by atoms with E-state index in [0.717, 1.165) is 25.9 Å². The number of halogens is 3. The smallest absolute Gasteiger partial charge is 0.254 e. The van der Waals surface area contributed by atoms with Crippen LogP contribution in [0.3, 0.4) is 0 Å². The van der Waals surface area contributed by atoms with Crippen molar-refractivity contribution in [2.75, 3.05) is 25.4 Å². The van der Waals surface area contributed by atoms with E-state index >= 15 is 0 Å². The second-order valence-electron chi connectivity index (χ2n) is 3.25. The summed E-state index contributed by atoms with van der Waals surface area (Å²) in [6.07, 6.45) is 3.51. The fourth-order valence-electron chi connectivity index (χ4n) is 1.42. The van der Waals surface area contributed by atoms with Crippen molar-refractivity contribution in [1.29, 1.82) is 0 Å². The molecule has 0 aromatic carbocycles. The van der Waals surface area contributed by atoms with Crippen molar-refractivity contribution >= 4 is 11.8 Å². The number of thioether (sulfide) groups is 1. The molecule has 0 spiro atoms. The minimum Gasteiger partial charge on any atom is -0.254 e. The summed E-state index contributed by atoms with van der Waals surface area (Å²) in [7, 11) is 0. The van der Waals surface area contributed by atoms with Crippen LogP contribution in [0.5, 0.6) is 0 Å². The van der Waals surface area contributed by atoms with E-state index in [9.17, 15) is 13.2 Å². The van der Waals surface area contributed by atoms with Gasteiger partial charge in [-0.1, -0.05) is 6.42 Å². The van der Waals surface area contributed by atoms with Gasteiger partial charge in [0.25, 0.3) is 0 Å². The zero-order valence-electron chi connectivity index (χ0n) is 7.94. The molecule has 1 aliphatic rings. The Bertz CT molecular complexity index is 157. The van der Waals surface area contributed by atoms with E-state index in [0.29, 0.717) is 6.54 Å². The molecule has 1 saturated heterocycles. The SMILES string of the molecule is FC(F)(F)SCCNN1CCCCC1. The van der Waals surface area contributed by atoms with Crippen molar-refractivity contribution < 1.29 is 13.2 Å². The Morgan fingerprint density at radius 2 is 1.79 bits per heavy atom. The van der Waals surface area contributed by atoms with Crippen LogP contribution >= 0.6 is 11.8 Å². The minimum absolute atomic E-state index is 0.0330. The molecule has 0 bridgehead atoms. The van der Waals surface area contributed by atoms with Crippen molar-refractivity contribution in [2.45, 2.75) is 24.8 Å². The molecule has 0 atom stereocenters. The maximum Gasteiger partial charge on any atom is 0.441 e. The predicted molar refractivity (Wildman–Crippen MR) is 51.9 cm³/mol. The molecule has 6 heteroatoms. The number of nitrogens with one attached hydrogen (secondary N) is 1. The largest absolute Gasteiger partial charge is 0.441 e. The summed E-state index contributed by atoms with van der Waals surface area (Å²) in [6.45, 7) is 2.30. The number of nitrogens with zero attached hydrogens (tertiary/aromatic N) is 1. The van der Waals surface area contributed by atoms with Crippen LogP contribution in [0.2, 0.25) is 0 Å². The molecule has 1 rings (SSSR count). The van der Waals surface area contributed by atoms with Crippen LogP contribution in [-0.4, -0.2) is 35.9 Å². The number of piperidine rings is 1. The van der Waals surface area contributed by atoms with E-state index in [1.165, 1.54) is 6.42 Å². The predicted octanol–water partition coefficient (Wildman–Crippen LogP) is 2.23. The highest BCUT2D eigenvalue weighted by Gasteiger charge is 2.27. The van der Waals surface area contributed by atoms with Gasteiger partial charge < -0.3 is 0 Å². The Morgan fingerprint density at radius 1 is 1.14 bits per heavy atom. The fraction of sp³-hybridized carbons (Fsp3) is 1.00. The van der Waals surface area contributed by atoms with Crippen LogP contribution in [0.15, 0.2) is 0 Å². The Morgan fingerprint density at radius 3 is 2.36 bits per heavy atom. The summed E-state index contributed by atoms with van der Waals surface area (Å²) in [5.74, 6) is 0.0833. The van der Waals surface area contributed by atoms with Crippen LogP contribution in [-0.2, 0) is 0 Å². The molecule has 1 N–H and O–H groups in total. The second kappa shape index (κ2) is 5.82. The van der Waals surface area contributed by atoms with Crippen LogP contribution in [0.4, 0.5) is 13.2 Å². The van der Waals surface area contributed by atoms with Crippen LogP contribution in [0.1, 0.15) is 19.3 Å². The van der Waals surface area contributed by atoms with Gasteiger partial charge in [-0.3, -0.25) is 5.43 Å². The monoisotopic (exact) mass is 228 g/mol. The lowest BCUT2D eigenvalue weighted by atomic mass is 10.2. The van der Waals surface area contributed by atoms with Gasteiger partial charge in [0.2, 0.25) is 0 Å². The normalized spacial score (nSPS) is 19.9. The first-order valence-electron chi connectivity index (χ1n) is 4.77. The van der Waals surface area contributed by atoms with E-state index in [2.05, 4.69) is 5.43 Å². The highest BCUT2D eigenvalue weighted by Crippen LogP contribution is 2.29.